The zero-order chi connectivity index (χ0) is 15.1. The molecule has 0 saturated heterocycles. The Bertz CT molecular complexity index is 472. The molecule has 114 valence electrons. The van der Waals surface area contributed by atoms with Gasteiger partial charge in [0.2, 0.25) is 5.91 Å². The molecule has 0 bridgehead atoms. The van der Waals surface area contributed by atoms with E-state index in [1.807, 2.05) is 30.3 Å². The van der Waals surface area contributed by atoms with E-state index in [4.69, 9.17) is 0 Å². The summed E-state index contributed by atoms with van der Waals surface area (Å²) in [5.74, 6) is -0.802. The van der Waals surface area contributed by atoms with Gasteiger partial charge in [-0.2, -0.15) is 0 Å². The van der Waals surface area contributed by atoms with Crippen molar-refractivity contribution in [3.8, 4) is 0 Å². The molecule has 0 radical (unpaired) electrons. The van der Waals surface area contributed by atoms with Gasteiger partial charge >= 0.3 is 5.97 Å². The first-order valence-electron chi connectivity index (χ1n) is 7.37. The van der Waals surface area contributed by atoms with Gasteiger partial charge in [0.25, 0.3) is 0 Å². The van der Waals surface area contributed by atoms with Crippen molar-refractivity contribution in [3.63, 3.8) is 0 Å². The summed E-state index contributed by atoms with van der Waals surface area (Å²) in [6.45, 7) is 0. The van der Waals surface area contributed by atoms with Crippen molar-refractivity contribution in [3.05, 3.63) is 30.3 Å². The lowest BCUT2D eigenvalue weighted by Gasteiger charge is -2.28. The van der Waals surface area contributed by atoms with Crippen LogP contribution >= 0.6 is 11.8 Å². The standard InChI is InChI=1S/C16H21NO3S/c18-14(11-21-13-9-5-2-6-10-13)17-15(16(19)20)12-7-3-1-4-8-12/h2,5-6,9-10,12,15H,1,3-4,7-8,11H2,(H,17,18)(H,19,20). The Morgan fingerprint density at radius 3 is 2.48 bits per heavy atom. The molecule has 0 heterocycles. The minimum absolute atomic E-state index is 0.0712. The number of thioether (sulfide) groups is 1. The number of carboxylic acid groups (broad SMARTS) is 1. The Morgan fingerprint density at radius 1 is 1.19 bits per heavy atom. The second-order valence-electron chi connectivity index (χ2n) is 5.38. The molecule has 0 aromatic heterocycles. The number of carbonyl (C=O) groups is 2. The molecule has 1 amide bonds. The third kappa shape index (κ3) is 5.08. The van der Waals surface area contributed by atoms with Crippen LogP contribution in [0, 0.1) is 5.92 Å². The van der Waals surface area contributed by atoms with Gasteiger partial charge in [-0.25, -0.2) is 4.79 Å². The molecule has 1 unspecified atom stereocenters. The van der Waals surface area contributed by atoms with E-state index >= 15 is 0 Å². The second-order valence-corrected chi connectivity index (χ2v) is 6.43. The number of rotatable bonds is 6. The molecule has 1 atom stereocenters. The quantitative estimate of drug-likeness (QED) is 0.793. The van der Waals surface area contributed by atoms with E-state index in [2.05, 4.69) is 5.32 Å². The van der Waals surface area contributed by atoms with Crippen molar-refractivity contribution in [2.75, 3.05) is 5.75 Å². The molecule has 2 rings (SSSR count). The van der Waals surface area contributed by atoms with Crippen molar-refractivity contribution >= 4 is 23.6 Å². The molecule has 0 aliphatic heterocycles. The van der Waals surface area contributed by atoms with Crippen LogP contribution < -0.4 is 5.32 Å². The first kappa shape index (κ1) is 15.9. The zero-order valence-corrected chi connectivity index (χ0v) is 12.8. The summed E-state index contributed by atoms with van der Waals surface area (Å²) in [5.41, 5.74) is 0. The summed E-state index contributed by atoms with van der Waals surface area (Å²) in [4.78, 5) is 24.4. The molecule has 5 heteroatoms. The molecule has 1 aliphatic rings. The SMILES string of the molecule is O=C(CSc1ccccc1)NC(C(=O)O)C1CCCCC1. The first-order valence-corrected chi connectivity index (χ1v) is 8.35. The largest absolute Gasteiger partial charge is 0.480 e. The van der Waals surface area contributed by atoms with Crippen molar-refractivity contribution in [2.24, 2.45) is 5.92 Å². The lowest BCUT2D eigenvalue weighted by Crippen LogP contribution is -2.47. The summed E-state index contributed by atoms with van der Waals surface area (Å²) in [5, 5.41) is 12.0. The summed E-state index contributed by atoms with van der Waals surface area (Å²) >= 11 is 1.42. The van der Waals surface area contributed by atoms with E-state index in [-0.39, 0.29) is 17.6 Å². The molecule has 2 N–H and O–H groups in total. The van der Waals surface area contributed by atoms with Crippen LogP contribution in [0.2, 0.25) is 0 Å². The number of carbonyl (C=O) groups excluding carboxylic acids is 1. The smallest absolute Gasteiger partial charge is 0.326 e. The summed E-state index contributed by atoms with van der Waals surface area (Å²) in [6, 6.07) is 8.90. The molecule has 1 aromatic carbocycles. The fourth-order valence-electron chi connectivity index (χ4n) is 2.73. The van der Waals surface area contributed by atoms with Crippen molar-refractivity contribution < 1.29 is 14.7 Å². The highest BCUT2D eigenvalue weighted by atomic mass is 32.2. The molecular weight excluding hydrogens is 286 g/mol. The van der Waals surface area contributed by atoms with Crippen molar-refractivity contribution in [1.29, 1.82) is 0 Å². The minimum Gasteiger partial charge on any atom is -0.480 e. The minimum atomic E-state index is -0.917. The second kappa shape index (κ2) is 8.08. The number of amides is 1. The number of nitrogens with one attached hydrogen (secondary N) is 1. The lowest BCUT2D eigenvalue weighted by molar-refractivity contribution is -0.143. The third-order valence-corrected chi connectivity index (χ3v) is 4.83. The van der Waals surface area contributed by atoms with Gasteiger partial charge in [-0.05, 0) is 30.9 Å². The van der Waals surface area contributed by atoms with Gasteiger partial charge in [-0.1, -0.05) is 37.5 Å². The Morgan fingerprint density at radius 2 is 1.86 bits per heavy atom. The van der Waals surface area contributed by atoms with Crippen LogP contribution in [-0.4, -0.2) is 28.8 Å². The molecule has 0 spiro atoms. The van der Waals surface area contributed by atoms with E-state index in [9.17, 15) is 14.7 Å². The number of carboxylic acids is 1. The Hall–Kier alpha value is -1.49. The maximum Gasteiger partial charge on any atom is 0.326 e. The highest BCUT2D eigenvalue weighted by Gasteiger charge is 2.30. The normalized spacial score (nSPS) is 17.1. The lowest BCUT2D eigenvalue weighted by atomic mass is 9.84. The summed E-state index contributed by atoms with van der Waals surface area (Å²) < 4.78 is 0. The van der Waals surface area contributed by atoms with E-state index in [0.29, 0.717) is 0 Å². The van der Waals surface area contributed by atoms with Crippen LogP contribution in [0.5, 0.6) is 0 Å². The van der Waals surface area contributed by atoms with E-state index in [1.165, 1.54) is 18.2 Å². The van der Waals surface area contributed by atoms with Gasteiger partial charge in [0.05, 0.1) is 5.75 Å². The third-order valence-electron chi connectivity index (χ3n) is 3.82. The van der Waals surface area contributed by atoms with Gasteiger partial charge in [0.15, 0.2) is 0 Å². The Balaban J connectivity index is 1.84. The maximum atomic E-state index is 12.0. The van der Waals surface area contributed by atoms with Gasteiger partial charge in [-0.3, -0.25) is 4.79 Å². The number of hydrogen-bond acceptors (Lipinski definition) is 3. The number of benzene rings is 1. The Labute approximate surface area is 129 Å². The van der Waals surface area contributed by atoms with E-state index < -0.39 is 12.0 Å². The molecular formula is C16H21NO3S. The molecule has 1 fully saturated rings. The fourth-order valence-corrected chi connectivity index (χ4v) is 3.46. The molecule has 21 heavy (non-hydrogen) atoms. The van der Waals surface area contributed by atoms with Crippen LogP contribution in [-0.2, 0) is 9.59 Å². The topological polar surface area (TPSA) is 66.4 Å². The Kier molecular flexibility index (Phi) is 6.11. The van der Waals surface area contributed by atoms with Gasteiger partial charge in [-0.15, -0.1) is 11.8 Å². The van der Waals surface area contributed by atoms with E-state index in [0.717, 1.165) is 30.6 Å². The zero-order valence-electron chi connectivity index (χ0n) is 12.0. The average molecular weight is 307 g/mol. The van der Waals surface area contributed by atoms with Crippen molar-refractivity contribution in [2.45, 2.75) is 43.0 Å². The number of aliphatic carboxylic acids is 1. The molecule has 1 aliphatic carbocycles. The summed E-state index contributed by atoms with van der Waals surface area (Å²) in [6.07, 6.45) is 5.07. The highest BCUT2D eigenvalue weighted by Crippen LogP contribution is 2.27. The van der Waals surface area contributed by atoms with Gasteiger partial charge in [0.1, 0.15) is 6.04 Å². The predicted octanol–water partition coefficient (Wildman–Crippen LogP) is 2.93. The molecule has 4 nitrogen and oxygen atoms in total. The number of hydrogen-bond donors (Lipinski definition) is 2. The summed E-state index contributed by atoms with van der Waals surface area (Å²) in [7, 11) is 0. The van der Waals surface area contributed by atoms with Gasteiger partial charge < -0.3 is 10.4 Å². The van der Waals surface area contributed by atoms with Crippen LogP contribution in [0.1, 0.15) is 32.1 Å². The predicted molar refractivity (Wildman–Crippen MR) is 83.3 cm³/mol. The fraction of sp³-hybridized carbons (Fsp3) is 0.500. The van der Waals surface area contributed by atoms with Crippen LogP contribution in [0.25, 0.3) is 0 Å². The average Bonchev–Trinajstić information content (AvgIpc) is 2.52. The van der Waals surface area contributed by atoms with Crippen molar-refractivity contribution in [1.82, 2.24) is 5.32 Å². The first-order chi connectivity index (χ1) is 10.2. The maximum absolute atomic E-state index is 12.0. The molecule has 1 aromatic rings. The molecule has 1 saturated carbocycles. The van der Waals surface area contributed by atoms with Gasteiger partial charge in [0, 0.05) is 4.90 Å². The van der Waals surface area contributed by atoms with E-state index in [1.54, 1.807) is 0 Å². The van der Waals surface area contributed by atoms with Crippen LogP contribution in [0.4, 0.5) is 0 Å². The monoisotopic (exact) mass is 307 g/mol. The highest BCUT2D eigenvalue weighted by molar-refractivity contribution is 8.00. The van der Waals surface area contributed by atoms with Crippen LogP contribution in [0.3, 0.4) is 0 Å². The van der Waals surface area contributed by atoms with Crippen LogP contribution in [0.15, 0.2) is 35.2 Å².